The Hall–Kier alpha value is -1.51. The maximum Gasteiger partial charge on any atom is 0.334 e. The summed E-state index contributed by atoms with van der Waals surface area (Å²) in [5.74, 6) is -1.89. The molecule has 0 spiro atoms. The van der Waals surface area contributed by atoms with E-state index < -0.39 is 27.9 Å². The number of hydrogen-bond donors (Lipinski definition) is 1. The molecule has 1 atom stereocenters. The van der Waals surface area contributed by atoms with E-state index in [1.54, 1.807) is 0 Å². The summed E-state index contributed by atoms with van der Waals surface area (Å²) < 4.78 is 43.4. The average molecular weight is 289 g/mol. The number of sulfonamides is 1. The number of hydrogen-bond acceptors (Lipinski definition) is 4. The summed E-state index contributed by atoms with van der Waals surface area (Å²) in [4.78, 5) is 10.6. The summed E-state index contributed by atoms with van der Waals surface area (Å²) in [5.41, 5.74) is 0. The first-order valence-electron chi connectivity index (χ1n) is 5.51. The van der Waals surface area contributed by atoms with Crippen LogP contribution < -0.4 is 0 Å². The quantitative estimate of drug-likeness (QED) is 0.865. The Morgan fingerprint density at radius 2 is 2.21 bits per heavy atom. The minimum Gasteiger partial charge on any atom is -0.479 e. The maximum absolute atomic E-state index is 13.1. The molecular formula is C11H12FNO5S. The Bertz CT molecular complexity index is 589. The normalized spacial score (nSPS) is 21.2. The van der Waals surface area contributed by atoms with Gasteiger partial charge in [0.1, 0.15) is 5.82 Å². The number of carboxylic acid groups (broad SMARTS) is 1. The number of benzene rings is 1. The van der Waals surface area contributed by atoms with E-state index in [0.717, 1.165) is 16.4 Å². The molecule has 104 valence electrons. The van der Waals surface area contributed by atoms with E-state index in [4.69, 9.17) is 9.84 Å². The molecule has 1 aliphatic rings. The van der Waals surface area contributed by atoms with Gasteiger partial charge < -0.3 is 9.84 Å². The van der Waals surface area contributed by atoms with E-state index in [0.29, 0.717) is 0 Å². The molecule has 1 aliphatic heterocycles. The lowest BCUT2D eigenvalue weighted by molar-refractivity contribution is -0.153. The van der Waals surface area contributed by atoms with Gasteiger partial charge >= 0.3 is 5.97 Å². The summed E-state index contributed by atoms with van der Waals surface area (Å²) in [5, 5.41) is 8.83. The highest BCUT2D eigenvalue weighted by Gasteiger charge is 2.34. The number of aliphatic carboxylic acids is 1. The lowest BCUT2D eigenvalue weighted by atomic mass is 10.3. The lowest BCUT2D eigenvalue weighted by Crippen LogP contribution is -2.48. The van der Waals surface area contributed by atoms with Crippen molar-refractivity contribution in [2.45, 2.75) is 11.0 Å². The van der Waals surface area contributed by atoms with Crippen molar-refractivity contribution in [3.8, 4) is 0 Å². The van der Waals surface area contributed by atoms with E-state index in [9.17, 15) is 17.6 Å². The minimum absolute atomic E-state index is 0.00842. The zero-order chi connectivity index (χ0) is 14.0. The summed E-state index contributed by atoms with van der Waals surface area (Å²) in [7, 11) is -3.90. The first-order valence-corrected chi connectivity index (χ1v) is 6.95. The van der Waals surface area contributed by atoms with Crippen molar-refractivity contribution in [3.05, 3.63) is 30.1 Å². The van der Waals surface area contributed by atoms with E-state index >= 15 is 0 Å². The molecule has 0 radical (unpaired) electrons. The molecule has 1 N–H and O–H groups in total. The average Bonchev–Trinajstić information content (AvgIpc) is 2.39. The largest absolute Gasteiger partial charge is 0.479 e. The van der Waals surface area contributed by atoms with Gasteiger partial charge in [-0.25, -0.2) is 17.6 Å². The molecule has 1 fully saturated rings. The molecule has 8 heteroatoms. The van der Waals surface area contributed by atoms with Gasteiger partial charge in [-0.05, 0) is 18.2 Å². The Morgan fingerprint density at radius 3 is 2.84 bits per heavy atom. The fourth-order valence-electron chi connectivity index (χ4n) is 1.77. The van der Waals surface area contributed by atoms with Gasteiger partial charge in [-0.3, -0.25) is 0 Å². The molecule has 19 heavy (non-hydrogen) atoms. The number of ether oxygens (including phenoxy) is 1. The minimum atomic E-state index is -3.90. The smallest absolute Gasteiger partial charge is 0.334 e. The van der Waals surface area contributed by atoms with Crippen LogP contribution >= 0.6 is 0 Å². The van der Waals surface area contributed by atoms with Gasteiger partial charge in [0.05, 0.1) is 18.0 Å². The van der Waals surface area contributed by atoms with Gasteiger partial charge in [0.2, 0.25) is 10.0 Å². The van der Waals surface area contributed by atoms with Crippen LogP contribution in [-0.4, -0.2) is 49.6 Å². The Kier molecular flexibility index (Phi) is 3.83. The standard InChI is InChI=1S/C11H12FNO5S/c12-8-2-1-3-9(6-8)19(16,17)13-4-5-18-10(7-13)11(14)15/h1-3,6,10H,4-5,7H2,(H,14,15). The maximum atomic E-state index is 13.1. The summed E-state index contributed by atoms with van der Waals surface area (Å²) in [6.07, 6.45) is -1.20. The van der Waals surface area contributed by atoms with E-state index in [-0.39, 0.29) is 24.6 Å². The molecule has 0 aliphatic carbocycles. The zero-order valence-electron chi connectivity index (χ0n) is 9.82. The Morgan fingerprint density at radius 1 is 1.47 bits per heavy atom. The first-order chi connectivity index (χ1) is 8.91. The van der Waals surface area contributed by atoms with Crippen LogP contribution in [0.3, 0.4) is 0 Å². The third-order valence-electron chi connectivity index (χ3n) is 2.74. The highest BCUT2D eigenvalue weighted by atomic mass is 32.2. The number of nitrogens with zero attached hydrogens (tertiary/aromatic N) is 1. The van der Waals surface area contributed by atoms with Crippen LogP contribution in [0.25, 0.3) is 0 Å². The fourth-order valence-corrected chi connectivity index (χ4v) is 3.23. The van der Waals surface area contributed by atoms with Gasteiger partial charge in [-0.2, -0.15) is 4.31 Å². The monoisotopic (exact) mass is 289 g/mol. The molecule has 1 unspecified atom stereocenters. The number of rotatable bonds is 3. The van der Waals surface area contributed by atoms with Crippen LogP contribution in [0.1, 0.15) is 0 Å². The highest BCUT2D eigenvalue weighted by molar-refractivity contribution is 7.89. The molecule has 1 aromatic rings. The fraction of sp³-hybridized carbons (Fsp3) is 0.364. The predicted molar refractivity (Wildman–Crippen MR) is 62.5 cm³/mol. The van der Waals surface area contributed by atoms with E-state index in [1.165, 1.54) is 12.1 Å². The number of carboxylic acids is 1. The third kappa shape index (κ3) is 2.91. The third-order valence-corrected chi connectivity index (χ3v) is 4.60. The van der Waals surface area contributed by atoms with E-state index in [1.807, 2.05) is 0 Å². The second-order valence-corrected chi connectivity index (χ2v) is 5.96. The van der Waals surface area contributed by atoms with Gasteiger partial charge in [0.15, 0.2) is 6.10 Å². The van der Waals surface area contributed by atoms with Crippen LogP contribution in [0.4, 0.5) is 4.39 Å². The molecule has 2 rings (SSSR count). The van der Waals surface area contributed by atoms with Crippen LogP contribution in [-0.2, 0) is 19.6 Å². The Balaban J connectivity index is 2.27. The number of halogens is 1. The summed E-state index contributed by atoms with van der Waals surface area (Å²) in [6, 6.07) is 4.60. The SMILES string of the molecule is O=C(O)C1CN(S(=O)(=O)c2cccc(F)c2)CCO1. The van der Waals surface area contributed by atoms with Crippen molar-refractivity contribution >= 4 is 16.0 Å². The van der Waals surface area contributed by atoms with Crippen molar-refractivity contribution in [1.82, 2.24) is 4.31 Å². The molecule has 1 saturated heterocycles. The molecule has 1 aromatic carbocycles. The summed E-state index contributed by atoms with van der Waals surface area (Å²) >= 11 is 0. The summed E-state index contributed by atoms with van der Waals surface area (Å²) in [6.45, 7) is -0.248. The van der Waals surface area contributed by atoms with Crippen LogP contribution in [0, 0.1) is 5.82 Å². The molecular weight excluding hydrogens is 277 g/mol. The molecule has 0 bridgehead atoms. The molecule has 6 nitrogen and oxygen atoms in total. The van der Waals surface area contributed by atoms with Crippen molar-refractivity contribution in [3.63, 3.8) is 0 Å². The Labute approximate surface area is 109 Å². The van der Waals surface area contributed by atoms with Gasteiger partial charge in [-0.15, -0.1) is 0 Å². The number of carbonyl (C=O) groups is 1. The van der Waals surface area contributed by atoms with Gasteiger partial charge in [0, 0.05) is 6.54 Å². The predicted octanol–water partition coefficient (Wildman–Crippen LogP) is 0.300. The molecule has 0 amide bonds. The lowest BCUT2D eigenvalue weighted by Gasteiger charge is -2.29. The van der Waals surface area contributed by atoms with Gasteiger partial charge in [-0.1, -0.05) is 6.07 Å². The second kappa shape index (κ2) is 5.24. The second-order valence-electron chi connectivity index (χ2n) is 4.02. The molecule has 0 saturated carbocycles. The van der Waals surface area contributed by atoms with Crippen LogP contribution in [0.2, 0.25) is 0 Å². The van der Waals surface area contributed by atoms with Gasteiger partial charge in [0.25, 0.3) is 0 Å². The molecule has 1 heterocycles. The van der Waals surface area contributed by atoms with Crippen molar-refractivity contribution < 1.29 is 27.4 Å². The topological polar surface area (TPSA) is 83.9 Å². The van der Waals surface area contributed by atoms with Crippen molar-refractivity contribution in [2.24, 2.45) is 0 Å². The molecule has 0 aromatic heterocycles. The zero-order valence-corrected chi connectivity index (χ0v) is 10.6. The van der Waals surface area contributed by atoms with Crippen LogP contribution in [0.5, 0.6) is 0 Å². The van der Waals surface area contributed by atoms with Crippen molar-refractivity contribution in [1.29, 1.82) is 0 Å². The van der Waals surface area contributed by atoms with Crippen molar-refractivity contribution in [2.75, 3.05) is 19.7 Å². The first kappa shape index (κ1) is 13.9. The number of morpholine rings is 1. The highest BCUT2D eigenvalue weighted by Crippen LogP contribution is 2.19. The van der Waals surface area contributed by atoms with E-state index in [2.05, 4.69) is 0 Å². The van der Waals surface area contributed by atoms with Crippen LogP contribution in [0.15, 0.2) is 29.2 Å².